The van der Waals surface area contributed by atoms with Crippen molar-refractivity contribution >= 4 is 0 Å². The molecule has 1 aliphatic carbocycles. The predicted molar refractivity (Wildman–Crippen MR) is 131 cm³/mol. The van der Waals surface area contributed by atoms with Crippen LogP contribution >= 0.6 is 0 Å². The standard InChI is InChI=1S/C30H39F/c1-3-5-7-9-24-13-18-27(19-14-24)28-20-15-25(16-21-28)11-12-26-17-22-29(30(31)23-26)10-8-6-4-2/h13-14,17-19,22-23,25,28H,3-10,15-16,20-21H2,1-2H3/t25-,28-. The van der Waals surface area contributed by atoms with Crippen LogP contribution in [0.1, 0.15) is 106 Å². The van der Waals surface area contributed by atoms with Crippen LogP contribution in [0.25, 0.3) is 0 Å². The maximum Gasteiger partial charge on any atom is 0.127 e. The Morgan fingerprint density at radius 1 is 0.806 bits per heavy atom. The van der Waals surface area contributed by atoms with Crippen molar-refractivity contribution in [3.8, 4) is 11.8 Å². The van der Waals surface area contributed by atoms with Gasteiger partial charge < -0.3 is 0 Å². The zero-order valence-electron chi connectivity index (χ0n) is 19.6. The third-order valence-corrected chi connectivity index (χ3v) is 6.77. The van der Waals surface area contributed by atoms with E-state index in [1.54, 1.807) is 6.07 Å². The van der Waals surface area contributed by atoms with Gasteiger partial charge in [-0.3, -0.25) is 0 Å². The molecule has 0 bridgehead atoms. The predicted octanol–water partition coefficient (Wildman–Crippen LogP) is 8.62. The van der Waals surface area contributed by atoms with Crippen LogP contribution in [0.5, 0.6) is 0 Å². The van der Waals surface area contributed by atoms with E-state index in [0.29, 0.717) is 11.8 Å². The molecular weight excluding hydrogens is 379 g/mol. The van der Waals surface area contributed by atoms with E-state index < -0.39 is 0 Å². The first-order valence-corrected chi connectivity index (χ1v) is 12.6. The third kappa shape index (κ3) is 7.53. The van der Waals surface area contributed by atoms with Gasteiger partial charge in [0.2, 0.25) is 0 Å². The van der Waals surface area contributed by atoms with E-state index in [1.807, 2.05) is 12.1 Å². The lowest BCUT2D eigenvalue weighted by atomic mass is 9.78. The van der Waals surface area contributed by atoms with E-state index in [1.165, 1.54) is 49.7 Å². The number of aryl methyl sites for hydroxylation is 2. The highest BCUT2D eigenvalue weighted by Crippen LogP contribution is 2.35. The summed E-state index contributed by atoms with van der Waals surface area (Å²) in [5.41, 5.74) is 4.61. The van der Waals surface area contributed by atoms with Crippen LogP contribution in [-0.2, 0) is 12.8 Å². The maximum atomic E-state index is 14.3. The summed E-state index contributed by atoms with van der Waals surface area (Å²) in [6.07, 6.45) is 14.0. The lowest BCUT2D eigenvalue weighted by molar-refractivity contribution is 0.384. The van der Waals surface area contributed by atoms with E-state index in [4.69, 9.17) is 0 Å². The van der Waals surface area contributed by atoms with Gasteiger partial charge in [-0.2, -0.15) is 0 Å². The highest BCUT2D eigenvalue weighted by molar-refractivity contribution is 5.37. The number of halogens is 1. The van der Waals surface area contributed by atoms with Crippen molar-refractivity contribution in [2.75, 3.05) is 0 Å². The average molecular weight is 419 g/mol. The second kappa shape index (κ2) is 12.7. The SMILES string of the molecule is CCCCCc1ccc([C@H]2CC[C@H](C#Cc3ccc(CCCCC)c(F)c3)CC2)cc1. The summed E-state index contributed by atoms with van der Waals surface area (Å²) >= 11 is 0. The van der Waals surface area contributed by atoms with Gasteiger partial charge in [0, 0.05) is 11.5 Å². The first-order valence-electron chi connectivity index (χ1n) is 12.6. The molecule has 1 heteroatoms. The van der Waals surface area contributed by atoms with Crippen LogP contribution in [0.15, 0.2) is 42.5 Å². The average Bonchev–Trinajstić information content (AvgIpc) is 2.80. The van der Waals surface area contributed by atoms with Crippen LogP contribution in [0.3, 0.4) is 0 Å². The van der Waals surface area contributed by atoms with E-state index >= 15 is 0 Å². The molecule has 31 heavy (non-hydrogen) atoms. The largest absolute Gasteiger partial charge is 0.207 e. The Morgan fingerprint density at radius 2 is 1.48 bits per heavy atom. The van der Waals surface area contributed by atoms with Crippen LogP contribution in [0.2, 0.25) is 0 Å². The summed E-state index contributed by atoms with van der Waals surface area (Å²) in [5.74, 6) is 7.69. The molecule has 1 fully saturated rings. The maximum absolute atomic E-state index is 14.3. The van der Waals surface area contributed by atoms with Gasteiger partial charge >= 0.3 is 0 Å². The molecular formula is C30H39F. The highest BCUT2D eigenvalue weighted by Gasteiger charge is 2.21. The van der Waals surface area contributed by atoms with Crippen molar-refractivity contribution in [1.82, 2.24) is 0 Å². The number of benzene rings is 2. The van der Waals surface area contributed by atoms with Gasteiger partial charge in [0.25, 0.3) is 0 Å². The summed E-state index contributed by atoms with van der Waals surface area (Å²) < 4.78 is 14.3. The fraction of sp³-hybridized carbons (Fsp3) is 0.533. The number of rotatable bonds is 9. The molecule has 0 aliphatic heterocycles. The molecule has 0 unspecified atom stereocenters. The van der Waals surface area contributed by atoms with Crippen molar-refractivity contribution in [2.45, 2.75) is 96.8 Å². The number of hydrogen-bond acceptors (Lipinski definition) is 0. The van der Waals surface area contributed by atoms with E-state index in [-0.39, 0.29) is 5.82 Å². The summed E-state index contributed by atoms with van der Waals surface area (Å²) in [6.45, 7) is 4.43. The second-order valence-corrected chi connectivity index (χ2v) is 9.28. The van der Waals surface area contributed by atoms with Gasteiger partial charge in [-0.25, -0.2) is 4.39 Å². The first kappa shape index (κ1) is 23.6. The van der Waals surface area contributed by atoms with Crippen molar-refractivity contribution in [1.29, 1.82) is 0 Å². The molecule has 0 heterocycles. The molecule has 2 aromatic rings. The normalized spacial score (nSPS) is 18.4. The topological polar surface area (TPSA) is 0 Å². The first-order chi connectivity index (χ1) is 15.2. The Morgan fingerprint density at radius 3 is 2.13 bits per heavy atom. The highest BCUT2D eigenvalue weighted by atomic mass is 19.1. The van der Waals surface area contributed by atoms with Gasteiger partial charge in [0.1, 0.15) is 5.82 Å². The molecule has 1 aliphatic rings. The van der Waals surface area contributed by atoms with E-state index in [0.717, 1.165) is 49.7 Å². The van der Waals surface area contributed by atoms with Gasteiger partial charge in [-0.05, 0) is 86.1 Å². The van der Waals surface area contributed by atoms with Crippen LogP contribution in [0, 0.1) is 23.6 Å². The fourth-order valence-electron chi connectivity index (χ4n) is 4.69. The molecule has 0 N–H and O–H groups in total. The molecule has 0 spiro atoms. The summed E-state index contributed by atoms with van der Waals surface area (Å²) in [7, 11) is 0. The molecule has 2 aromatic carbocycles. The molecule has 0 radical (unpaired) electrons. The van der Waals surface area contributed by atoms with E-state index in [9.17, 15) is 4.39 Å². The van der Waals surface area contributed by atoms with Crippen molar-refractivity contribution < 1.29 is 4.39 Å². The molecule has 1 saturated carbocycles. The zero-order chi connectivity index (χ0) is 21.9. The van der Waals surface area contributed by atoms with Crippen molar-refractivity contribution in [3.05, 3.63) is 70.5 Å². The monoisotopic (exact) mass is 418 g/mol. The molecule has 166 valence electrons. The molecule has 0 amide bonds. The minimum absolute atomic E-state index is 0.0928. The van der Waals surface area contributed by atoms with Crippen LogP contribution < -0.4 is 0 Å². The molecule has 3 rings (SSSR count). The molecule has 0 nitrogen and oxygen atoms in total. The molecule has 0 atom stereocenters. The van der Waals surface area contributed by atoms with Gasteiger partial charge in [-0.15, -0.1) is 0 Å². The van der Waals surface area contributed by atoms with Gasteiger partial charge in [-0.1, -0.05) is 81.7 Å². The zero-order valence-corrected chi connectivity index (χ0v) is 19.6. The molecule has 0 saturated heterocycles. The lowest BCUT2D eigenvalue weighted by Crippen LogP contribution is -2.12. The third-order valence-electron chi connectivity index (χ3n) is 6.77. The van der Waals surface area contributed by atoms with Gasteiger partial charge in [0.15, 0.2) is 0 Å². The fourth-order valence-corrected chi connectivity index (χ4v) is 4.69. The van der Waals surface area contributed by atoms with Crippen molar-refractivity contribution in [2.24, 2.45) is 5.92 Å². The second-order valence-electron chi connectivity index (χ2n) is 9.28. The Kier molecular flexibility index (Phi) is 9.67. The summed E-state index contributed by atoms with van der Waals surface area (Å²) in [5, 5.41) is 0. The van der Waals surface area contributed by atoms with E-state index in [2.05, 4.69) is 50.0 Å². The minimum Gasteiger partial charge on any atom is -0.207 e. The van der Waals surface area contributed by atoms with Crippen LogP contribution in [0.4, 0.5) is 4.39 Å². The van der Waals surface area contributed by atoms with Crippen LogP contribution in [-0.4, -0.2) is 0 Å². The Hall–Kier alpha value is -2.07. The van der Waals surface area contributed by atoms with Crippen molar-refractivity contribution in [3.63, 3.8) is 0 Å². The number of hydrogen-bond donors (Lipinski definition) is 0. The quantitative estimate of drug-likeness (QED) is 0.282. The Labute approximate surface area is 189 Å². The number of unbranched alkanes of at least 4 members (excludes halogenated alkanes) is 4. The van der Waals surface area contributed by atoms with Gasteiger partial charge in [0.05, 0.1) is 0 Å². The molecule has 0 aromatic heterocycles. The summed E-state index contributed by atoms with van der Waals surface area (Å²) in [6, 6.07) is 14.9. The summed E-state index contributed by atoms with van der Waals surface area (Å²) in [4.78, 5) is 0. The minimum atomic E-state index is -0.0928. The lowest BCUT2D eigenvalue weighted by Gasteiger charge is -2.26. The smallest absolute Gasteiger partial charge is 0.127 e. The Bertz CT molecular complexity index is 844. The Balaban J connectivity index is 1.48.